The van der Waals surface area contributed by atoms with Crippen LogP contribution in [0.3, 0.4) is 0 Å². The van der Waals surface area contributed by atoms with E-state index in [0.29, 0.717) is 0 Å². The van der Waals surface area contributed by atoms with E-state index in [1.807, 2.05) is 22.7 Å². The predicted molar refractivity (Wildman–Crippen MR) is 206 cm³/mol. The summed E-state index contributed by atoms with van der Waals surface area (Å²) in [5.41, 5.74) is 12.1. The highest BCUT2D eigenvalue weighted by atomic mass is 32.1. The molecule has 0 spiro atoms. The van der Waals surface area contributed by atoms with Crippen molar-refractivity contribution in [2.75, 3.05) is 0 Å². The third kappa shape index (κ3) is 2.61. The molecule has 2 aliphatic heterocycles. The van der Waals surface area contributed by atoms with Gasteiger partial charge in [0.2, 0.25) is 0 Å². The highest BCUT2D eigenvalue weighted by molar-refractivity contribution is 7.27. The molecule has 0 aliphatic carbocycles. The quantitative estimate of drug-likeness (QED) is 0.148. The Balaban J connectivity index is 1.22. The Kier molecular flexibility index (Phi) is 4.04. The van der Waals surface area contributed by atoms with Crippen LogP contribution in [0.1, 0.15) is 0 Å². The minimum atomic E-state index is 0.165. The van der Waals surface area contributed by atoms with Gasteiger partial charge in [0, 0.05) is 84.3 Å². The summed E-state index contributed by atoms with van der Waals surface area (Å²) in [4.78, 5) is 0. The van der Waals surface area contributed by atoms with E-state index in [9.17, 15) is 0 Å². The second kappa shape index (κ2) is 7.95. The van der Waals surface area contributed by atoms with Crippen molar-refractivity contribution in [2.24, 2.45) is 0 Å². The van der Waals surface area contributed by atoms with Gasteiger partial charge in [-0.2, -0.15) is 0 Å². The summed E-state index contributed by atoms with van der Waals surface area (Å²) in [5, 5.41) is 10.9. The minimum absolute atomic E-state index is 0.165. The standard InChI is InChI=1S/C42H21BN2S2/c1-3-16-34-22(8-1)24-18-20-30-36(41(24)46-34)26-10-5-12-28-39(26)44(30)32-14-7-15-33-38(32)43(28)29-13-6-11-27-37-31(45(33)40(27)29)21-19-25-23-9-2-4-17-35(23)47-42(25)37/h1-21H. The van der Waals surface area contributed by atoms with Crippen LogP contribution in [0, 0.1) is 0 Å². The summed E-state index contributed by atoms with van der Waals surface area (Å²) in [6.45, 7) is 0.165. The second-order valence-electron chi connectivity index (χ2n) is 13.2. The molecule has 0 bridgehead atoms. The number of rotatable bonds is 0. The summed E-state index contributed by atoms with van der Waals surface area (Å²) in [6, 6.07) is 48.3. The van der Waals surface area contributed by atoms with Crippen molar-refractivity contribution in [1.29, 1.82) is 0 Å². The molecular weight excluding hydrogens is 607 g/mol. The summed E-state index contributed by atoms with van der Waals surface area (Å²) in [7, 11) is 0. The lowest BCUT2D eigenvalue weighted by Crippen LogP contribution is -2.59. The van der Waals surface area contributed by atoms with Crippen molar-refractivity contribution in [3.63, 3.8) is 0 Å². The first kappa shape index (κ1) is 23.9. The number of fused-ring (bicyclic) bond motifs is 18. The molecule has 5 heteroatoms. The number of hydrogen-bond donors (Lipinski definition) is 0. The first-order valence-corrected chi connectivity index (χ1v) is 17.9. The van der Waals surface area contributed by atoms with Crippen molar-refractivity contribution in [3.05, 3.63) is 127 Å². The molecule has 0 unspecified atom stereocenters. The Hall–Kier alpha value is -5.36. The number of thiophene rings is 2. The smallest absolute Gasteiger partial charge is 0.252 e. The van der Waals surface area contributed by atoms with Gasteiger partial charge < -0.3 is 9.13 Å². The average molecular weight is 629 g/mol. The Morgan fingerprint density at radius 2 is 0.872 bits per heavy atom. The summed E-state index contributed by atoms with van der Waals surface area (Å²) in [5.74, 6) is 0. The Morgan fingerprint density at radius 3 is 1.40 bits per heavy atom. The second-order valence-corrected chi connectivity index (χ2v) is 15.3. The molecule has 7 aromatic carbocycles. The van der Waals surface area contributed by atoms with Crippen molar-refractivity contribution in [2.45, 2.75) is 0 Å². The fourth-order valence-electron chi connectivity index (χ4n) is 9.39. The molecule has 6 heterocycles. The zero-order valence-corrected chi connectivity index (χ0v) is 26.5. The van der Waals surface area contributed by atoms with Crippen LogP contribution in [0.2, 0.25) is 0 Å². The number of benzene rings is 7. The molecular formula is C42H21BN2S2. The first-order valence-electron chi connectivity index (χ1n) is 16.2. The molecule has 11 aromatic rings. The van der Waals surface area contributed by atoms with Crippen LogP contribution in [-0.2, 0) is 0 Å². The number of hydrogen-bond acceptors (Lipinski definition) is 2. The lowest BCUT2D eigenvalue weighted by atomic mass is 9.34. The van der Waals surface area contributed by atoms with Gasteiger partial charge in [-0.05, 0) is 52.8 Å². The molecule has 0 saturated carbocycles. The maximum atomic E-state index is 2.58. The maximum Gasteiger partial charge on any atom is 0.252 e. The molecule has 0 N–H and O–H groups in total. The van der Waals surface area contributed by atoms with Crippen LogP contribution in [-0.4, -0.2) is 15.8 Å². The summed E-state index contributed by atoms with van der Waals surface area (Å²) in [6.07, 6.45) is 0. The van der Waals surface area contributed by atoms with Crippen LogP contribution in [0.15, 0.2) is 127 Å². The van der Waals surface area contributed by atoms with E-state index in [2.05, 4.69) is 137 Å². The van der Waals surface area contributed by atoms with Gasteiger partial charge >= 0.3 is 0 Å². The summed E-state index contributed by atoms with van der Waals surface area (Å²) < 4.78 is 10.7. The molecule has 0 atom stereocenters. The van der Waals surface area contributed by atoms with Crippen LogP contribution >= 0.6 is 22.7 Å². The number of nitrogens with zero attached hydrogens (tertiary/aromatic N) is 2. The van der Waals surface area contributed by atoms with Gasteiger partial charge in [0.25, 0.3) is 6.71 Å². The lowest BCUT2D eigenvalue weighted by molar-refractivity contribution is 1.14. The van der Waals surface area contributed by atoms with Gasteiger partial charge in [-0.1, -0.05) is 91.0 Å². The zero-order chi connectivity index (χ0) is 30.1. The van der Waals surface area contributed by atoms with E-state index in [1.165, 1.54) is 112 Å². The van der Waals surface area contributed by atoms with E-state index < -0.39 is 0 Å². The fraction of sp³-hybridized carbons (Fsp3) is 0. The molecule has 0 fully saturated rings. The average Bonchev–Trinajstić information content (AvgIpc) is 3.86. The van der Waals surface area contributed by atoms with E-state index in [1.54, 1.807) is 0 Å². The van der Waals surface area contributed by atoms with E-state index >= 15 is 0 Å². The summed E-state index contributed by atoms with van der Waals surface area (Å²) >= 11 is 3.87. The van der Waals surface area contributed by atoms with Gasteiger partial charge in [-0.3, -0.25) is 0 Å². The number of aromatic nitrogens is 2. The van der Waals surface area contributed by atoms with Gasteiger partial charge in [0.1, 0.15) is 0 Å². The van der Waals surface area contributed by atoms with Crippen molar-refractivity contribution < 1.29 is 0 Å². The SMILES string of the molecule is c1cc2c3c(c1)-n1c4ccc5c6ccccc6sc5c4c4cccc(c41)B3c1cccc3c4c5sc6ccccc6c5ccc4n-2c13. The molecule has 0 amide bonds. The van der Waals surface area contributed by atoms with E-state index in [4.69, 9.17) is 0 Å². The topological polar surface area (TPSA) is 9.86 Å². The molecule has 47 heavy (non-hydrogen) atoms. The predicted octanol–water partition coefficient (Wildman–Crippen LogP) is 9.76. The van der Waals surface area contributed by atoms with Crippen LogP contribution in [0.4, 0.5) is 0 Å². The molecule has 0 saturated heterocycles. The normalized spacial score (nSPS) is 13.5. The van der Waals surface area contributed by atoms with Crippen molar-refractivity contribution in [1.82, 2.24) is 9.13 Å². The van der Waals surface area contributed by atoms with E-state index in [-0.39, 0.29) is 6.71 Å². The van der Waals surface area contributed by atoms with Gasteiger partial charge in [-0.25, -0.2) is 0 Å². The van der Waals surface area contributed by atoms with Crippen LogP contribution in [0.25, 0.3) is 95.3 Å². The highest BCUT2D eigenvalue weighted by Gasteiger charge is 2.40. The molecule has 2 nitrogen and oxygen atoms in total. The van der Waals surface area contributed by atoms with Gasteiger partial charge in [0.05, 0.1) is 11.0 Å². The van der Waals surface area contributed by atoms with Crippen molar-refractivity contribution >= 4 is 130 Å². The molecule has 0 radical (unpaired) electrons. The number of para-hydroxylation sites is 2. The van der Waals surface area contributed by atoms with Crippen LogP contribution in [0.5, 0.6) is 0 Å². The van der Waals surface area contributed by atoms with Crippen LogP contribution < -0.4 is 16.4 Å². The Morgan fingerprint density at radius 1 is 0.404 bits per heavy atom. The monoisotopic (exact) mass is 628 g/mol. The maximum absolute atomic E-state index is 2.58. The zero-order valence-electron chi connectivity index (χ0n) is 24.9. The minimum Gasteiger partial charge on any atom is -0.310 e. The third-order valence-corrected chi connectivity index (χ3v) is 13.5. The third-order valence-electron chi connectivity index (χ3n) is 11.1. The van der Waals surface area contributed by atoms with Gasteiger partial charge in [-0.15, -0.1) is 22.7 Å². The Bertz CT molecular complexity index is 3050. The fourth-order valence-corrected chi connectivity index (χ4v) is 11.9. The molecule has 214 valence electrons. The first-order chi connectivity index (χ1) is 23.3. The van der Waals surface area contributed by atoms with Crippen molar-refractivity contribution in [3.8, 4) is 11.4 Å². The molecule has 4 aromatic heterocycles. The molecule has 13 rings (SSSR count). The van der Waals surface area contributed by atoms with E-state index in [0.717, 1.165) is 0 Å². The molecule has 2 aliphatic rings. The van der Waals surface area contributed by atoms with Gasteiger partial charge in [0.15, 0.2) is 0 Å². The highest BCUT2D eigenvalue weighted by Crippen LogP contribution is 2.46. The lowest BCUT2D eigenvalue weighted by Gasteiger charge is -2.33. The largest absolute Gasteiger partial charge is 0.310 e. The Labute approximate surface area is 276 Å².